The van der Waals surface area contributed by atoms with Gasteiger partial charge in [-0.3, -0.25) is 0 Å². The molecule has 1 aliphatic carbocycles. The molecule has 1 saturated carbocycles. The number of nitrogens with one attached hydrogen (secondary N) is 1. The Morgan fingerprint density at radius 3 is 2.62 bits per heavy atom. The summed E-state index contributed by atoms with van der Waals surface area (Å²) in [5, 5.41) is 3.41. The lowest BCUT2D eigenvalue weighted by atomic mass is 9.92. The molecule has 0 saturated heterocycles. The van der Waals surface area contributed by atoms with Crippen molar-refractivity contribution < 1.29 is 4.74 Å². The van der Waals surface area contributed by atoms with Crippen LogP contribution in [0.15, 0.2) is 0 Å². The average molecular weight is 289 g/mol. The summed E-state index contributed by atoms with van der Waals surface area (Å²) in [5.74, 6) is 0.949. The zero-order valence-corrected chi connectivity index (χ0v) is 13.4. The van der Waals surface area contributed by atoms with Crippen LogP contribution in [0.4, 0.5) is 0 Å². The molecule has 0 radical (unpaired) electrons. The van der Waals surface area contributed by atoms with Gasteiger partial charge in [0.25, 0.3) is 0 Å². The third-order valence-electron chi connectivity index (χ3n) is 4.88. The van der Waals surface area contributed by atoms with Gasteiger partial charge in [0.1, 0.15) is 5.60 Å². The maximum atomic E-state index is 6.24. The predicted molar refractivity (Wildman–Crippen MR) is 83.2 cm³/mol. The van der Waals surface area contributed by atoms with Crippen molar-refractivity contribution in [1.82, 2.24) is 15.3 Å². The van der Waals surface area contributed by atoms with E-state index >= 15 is 0 Å². The summed E-state index contributed by atoms with van der Waals surface area (Å²) in [4.78, 5) is 9.82. The van der Waals surface area contributed by atoms with Gasteiger partial charge in [-0.15, -0.1) is 0 Å². The summed E-state index contributed by atoms with van der Waals surface area (Å²) in [6, 6.07) is 0. The van der Waals surface area contributed by atoms with Crippen molar-refractivity contribution in [3.8, 4) is 0 Å². The maximum absolute atomic E-state index is 6.24. The Kier molecular flexibility index (Phi) is 4.55. The van der Waals surface area contributed by atoms with Gasteiger partial charge in [0.2, 0.25) is 0 Å². The lowest BCUT2D eigenvalue weighted by Gasteiger charge is -2.32. The fourth-order valence-electron chi connectivity index (χ4n) is 3.72. The van der Waals surface area contributed by atoms with E-state index in [-0.39, 0.29) is 5.60 Å². The van der Waals surface area contributed by atoms with Gasteiger partial charge < -0.3 is 10.1 Å². The first kappa shape index (κ1) is 14.9. The van der Waals surface area contributed by atoms with E-state index < -0.39 is 0 Å². The monoisotopic (exact) mass is 289 g/mol. The zero-order valence-electron chi connectivity index (χ0n) is 13.4. The van der Waals surface area contributed by atoms with Gasteiger partial charge in [0.15, 0.2) is 5.82 Å². The second-order valence-corrected chi connectivity index (χ2v) is 6.33. The number of hydrogen-bond donors (Lipinski definition) is 1. The topological polar surface area (TPSA) is 47.0 Å². The summed E-state index contributed by atoms with van der Waals surface area (Å²) in [5.41, 5.74) is 3.42. The van der Waals surface area contributed by atoms with E-state index in [1.165, 1.54) is 36.9 Å². The third kappa shape index (κ3) is 2.97. The van der Waals surface area contributed by atoms with Crippen molar-refractivity contribution in [2.24, 2.45) is 0 Å². The molecule has 21 heavy (non-hydrogen) atoms. The lowest BCUT2D eigenvalue weighted by molar-refractivity contribution is -0.0627. The highest BCUT2D eigenvalue weighted by Crippen LogP contribution is 2.38. The molecule has 2 aliphatic rings. The van der Waals surface area contributed by atoms with Crippen molar-refractivity contribution in [2.75, 3.05) is 13.2 Å². The quantitative estimate of drug-likeness (QED) is 0.869. The van der Waals surface area contributed by atoms with Crippen LogP contribution in [0.1, 0.15) is 68.2 Å². The maximum Gasteiger partial charge on any atom is 0.160 e. The molecule has 1 aliphatic heterocycles. The molecule has 1 fully saturated rings. The molecule has 1 N–H and O–H groups in total. The number of nitrogens with zero attached hydrogens (tertiary/aromatic N) is 2. The Morgan fingerprint density at radius 2 is 1.90 bits per heavy atom. The van der Waals surface area contributed by atoms with Crippen LogP contribution in [-0.4, -0.2) is 23.1 Å². The standard InChI is InChI=1S/C17H27N3O/c1-3-21-17(9-6-4-5-7-10-17)16-19-13(2)14-12-18-11-8-15(14)20-16/h18H,3-12H2,1-2H3. The molecule has 0 spiro atoms. The minimum absolute atomic E-state index is 0.240. The molecule has 116 valence electrons. The molecule has 1 aromatic heterocycles. The second kappa shape index (κ2) is 6.41. The van der Waals surface area contributed by atoms with Gasteiger partial charge in [-0.2, -0.15) is 0 Å². The van der Waals surface area contributed by atoms with Crippen LogP contribution in [0.25, 0.3) is 0 Å². The van der Waals surface area contributed by atoms with E-state index in [4.69, 9.17) is 14.7 Å². The summed E-state index contributed by atoms with van der Waals surface area (Å²) < 4.78 is 6.24. The lowest BCUT2D eigenvalue weighted by Crippen LogP contribution is -2.34. The van der Waals surface area contributed by atoms with Gasteiger partial charge in [0.05, 0.1) is 5.69 Å². The first-order valence-electron chi connectivity index (χ1n) is 8.47. The molecule has 4 heteroatoms. The van der Waals surface area contributed by atoms with E-state index in [1.54, 1.807) is 0 Å². The number of aryl methyl sites for hydroxylation is 1. The SMILES string of the molecule is CCOC1(c2nc(C)c3c(n2)CCNC3)CCCCCC1. The summed E-state index contributed by atoms with van der Waals surface area (Å²) in [6.45, 7) is 6.86. The van der Waals surface area contributed by atoms with Crippen LogP contribution < -0.4 is 5.32 Å². The normalized spacial score (nSPS) is 21.6. The number of fused-ring (bicyclic) bond motifs is 1. The molecule has 3 rings (SSSR count). The molecule has 0 aromatic carbocycles. The highest BCUT2D eigenvalue weighted by atomic mass is 16.5. The van der Waals surface area contributed by atoms with Crippen LogP contribution in [0.5, 0.6) is 0 Å². The van der Waals surface area contributed by atoms with Crippen molar-refractivity contribution >= 4 is 0 Å². The number of hydrogen-bond acceptors (Lipinski definition) is 4. The van der Waals surface area contributed by atoms with Gasteiger partial charge >= 0.3 is 0 Å². The summed E-state index contributed by atoms with van der Waals surface area (Å²) in [7, 11) is 0. The fourth-order valence-corrected chi connectivity index (χ4v) is 3.72. The Hall–Kier alpha value is -1.00. The Labute approximate surface area is 127 Å². The Bertz CT molecular complexity index is 493. The molecule has 1 aromatic rings. The van der Waals surface area contributed by atoms with Gasteiger partial charge in [0, 0.05) is 37.4 Å². The van der Waals surface area contributed by atoms with E-state index in [0.717, 1.165) is 50.5 Å². The van der Waals surface area contributed by atoms with Crippen molar-refractivity contribution in [3.63, 3.8) is 0 Å². The number of ether oxygens (including phenoxy) is 1. The van der Waals surface area contributed by atoms with E-state index in [2.05, 4.69) is 19.2 Å². The number of aromatic nitrogens is 2. The largest absolute Gasteiger partial charge is 0.367 e. The van der Waals surface area contributed by atoms with Gasteiger partial charge in [-0.25, -0.2) is 9.97 Å². The van der Waals surface area contributed by atoms with Crippen LogP contribution in [0.2, 0.25) is 0 Å². The van der Waals surface area contributed by atoms with Crippen LogP contribution in [0, 0.1) is 6.92 Å². The van der Waals surface area contributed by atoms with Gasteiger partial charge in [-0.05, 0) is 26.7 Å². The zero-order chi connectivity index (χ0) is 14.7. The van der Waals surface area contributed by atoms with E-state index in [1.807, 2.05) is 0 Å². The Morgan fingerprint density at radius 1 is 1.14 bits per heavy atom. The summed E-state index contributed by atoms with van der Waals surface area (Å²) in [6.07, 6.45) is 8.20. The molecule has 0 amide bonds. The molecule has 0 unspecified atom stereocenters. The van der Waals surface area contributed by atoms with E-state index in [9.17, 15) is 0 Å². The average Bonchev–Trinajstić information content (AvgIpc) is 2.74. The first-order chi connectivity index (χ1) is 10.2. The van der Waals surface area contributed by atoms with Crippen molar-refractivity contribution in [2.45, 2.75) is 70.9 Å². The fraction of sp³-hybridized carbons (Fsp3) is 0.765. The number of rotatable bonds is 3. The van der Waals surface area contributed by atoms with Crippen LogP contribution >= 0.6 is 0 Å². The van der Waals surface area contributed by atoms with Crippen LogP contribution in [-0.2, 0) is 23.3 Å². The second-order valence-electron chi connectivity index (χ2n) is 6.33. The molecule has 2 heterocycles. The van der Waals surface area contributed by atoms with Crippen LogP contribution in [0.3, 0.4) is 0 Å². The highest BCUT2D eigenvalue weighted by molar-refractivity contribution is 5.28. The minimum atomic E-state index is -0.240. The summed E-state index contributed by atoms with van der Waals surface area (Å²) >= 11 is 0. The smallest absolute Gasteiger partial charge is 0.160 e. The molecule has 0 atom stereocenters. The predicted octanol–water partition coefficient (Wildman–Crippen LogP) is 3.02. The molecule has 0 bridgehead atoms. The van der Waals surface area contributed by atoms with Gasteiger partial charge in [-0.1, -0.05) is 25.7 Å². The molecule has 4 nitrogen and oxygen atoms in total. The molecular weight excluding hydrogens is 262 g/mol. The first-order valence-corrected chi connectivity index (χ1v) is 8.47. The highest BCUT2D eigenvalue weighted by Gasteiger charge is 2.37. The third-order valence-corrected chi connectivity index (χ3v) is 4.88. The minimum Gasteiger partial charge on any atom is -0.367 e. The van der Waals surface area contributed by atoms with E-state index in [0.29, 0.717) is 0 Å². The van der Waals surface area contributed by atoms with Crippen molar-refractivity contribution in [3.05, 3.63) is 22.8 Å². The van der Waals surface area contributed by atoms with Crippen molar-refractivity contribution in [1.29, 1.82) is 0 Å². The molecular formula is C17H27N3O. The Balaban J connectivity index is 2.00.